The van der Waals surface area contributed by atoms with E-state index < -0.39 is 0 Å². The molecule has 0 aliphatic rings. The van der Waals surface area contributed by atoms with E-state index in [1.807, 2.05) is 13.8 Å². The van der Waals surface area contributed by atoms with Gasteiger partial charge in [-0.25, -0.2) is 4.98 Å². The highest BCUT2D eigenvalue weighted by atomic mass is 35.5. The van der Waals surface area contributed by atoms with Crippen molar-refractivity contribution >= 4 is 23.2 Å². The first-order valence-corrected chi connectivity index (χ1v) is 5.55. The van der Waals surface area contributed by atoms with Gasteiger partial charge in [0, 0.05) is 12.7 Å². The normalized spacial score (nSPS) is 12.6. The van der Waals surface area contributed by atoms with E-state index >= 15 is 0 Å². The van der Waals surface area contributed by atoms with Gasteiger partial charge in [-0.3, -0.25) is 4.79 Å². The summed E-state index contributed by atoms with van der Waals surface area (Å²) in [6.07, 6.45) is 1.57. The van der Waals surface area contributed by atoms with E-state index in [2.05, 4.69) is 10.3 Å². The van der Waals surface area contributed by atoms with Gasteiger partial charge in [0.05, 0.1) is 11.6 Å². The van der Waals surface area contributed by atoms with Crippen molar-refractivity contribution in [3.63, 3.8) is 0 Å². The van der Waals surface area contributed by atoms with E-state index in [-0.39, 0.29) is 22.9 Å². The largest absolute Gasteiger partial charge is 0.330 e. The first-order chi connectivity index (χ1) is 7.56. The van der Waals surface area contributed by atoms with Crippen LogP contribution in [0.15, 0.2) is 18.3 Å². The summed E-state index contributed by atoms with van der Waals surface area (Å²) >= 11 is 5.84. The number of halogens is 1. The molecule has 1 aromatic rings. The summed E-state index contributed by atoms with van der Waals surface area (Å²) in [6.45, 7) is 4.24. The van der Waals surface area contributed by atoms with Crippen LogP contribution in [0.2, 0.25) is 5.15 Å². The fourth-order valence-corrected chi connectivity index (χ4v) is 1.55. The van der Waals surface area contributed by atoms with Crippen LogP contribution in [-0.4, -0.2) is 17.4 Å². The van der Waals surface area contributed by atoms with Crippen molar-refractivity contribution in [1.29, 1.82) is 0 Å². The lowest BCUT2D eigenvalue weighted by molar-refractivity contribution is -0.120. The average molecular weight is 242 g/mol. The fourth-order valence-electron chi connectivity index (χ4n) is 1.39. The summed E-state index contributed by atoms with van der Waals surface area (Å²) in [5, 5.41) is 3.02. The standard InChI is InChI=1S/C11H16ClN3O/c1-7(2)8(6-13)11(16)15-9-4-3-5-14-10(9)12/h3-5,7-8H,6,13H2,1-2H3,(H,15,16). The van der Waals surface area contributed by atoms with Crippen LogP contribution in [0.5, 0.6) is 0 Å². The number of nitrogens with two attached hydrogens (primary N) is 1. The maximum Gasteiger partial charge on any atom is 0.229 e. The van der Waals surface area contributed by atoms with Crippen LogP contribution in [0.1, 0.15) is 13.8 Å². The number of carbonyl (C=O) groups excluding carboxylic acids is 1. The van der Waals surface area contributed by atoms with Crippen LogP contribution >= 0.6 is 11.6 Å². The zero-order valence-corrected chi connectivity index (χ0v) is 10.2. The maximum atomic E-state index is 11.9. The number of amides is 1. The van der Waals surface area contributed by atoms with Crippen LogP contribution in [0, 0.1) is 11.8 Å². The topological polar surface area (TPSA) is 68.0 Å². The van der Waals surface area contributed by atoms with Crippen molar-refractivity contribution in [3.05, 3.63) is 23.5 Å². The van der Waals surface area contributed by atoms with Gasteiger partial charge in [0.15, 0.2) is 5.15 Å². The minimum atomic E-state index is -0.212. The Morgan fingerprint density at radius 1 is 1.62 bits per heavy atom. The molecule has 0 spiro atoms. The van der Waals surface area contributed by atoms with Gasteiger partial charge in [-0.2, -0.15) is 0 Å². The third-order valence-electron chi connectivity index (χ3n) is 2.41. The number of rotatable bonds is 4. The predicted octanol–water partition coefficient (Wildman–Crippen LogP) is 1.90. The average Bonchev–Trinajstić information content (AvgIpc) is 2.22. The van der Waals surface area contributed by atoms with Gasteiger partial charge in [0.1, 0.15) is 0 Å². The summed E-state index contributed by atoms with van der Waals surface area (Å²) < 4.78 is 0. The highest BCUT2D eigenvalue weighted by Gasteiger charge is 2.21. The molecule has 0 aromatic carbocycles. The van der Waals surface area contributed by atoms with Crippen LogP contribution in [0.4, 0.5) is 5.69 Å². The van der Waals surface area contributed by atoms with Crippen molar-refractivity contribution in [2.75, 3.05) is 11.9 Å². The molecule has 1 rings (SSSR count). The van der Waals surface area contributed by atoms with Gasteiger partial charge in [0.2, 0.25) is 5.91 Å². The lowest BCUT2D eigenvalue weighted by Gasteiger charge is -2.18. The Bertz CT molecular complexity index is 368. The smallest absolute Gasteiger partial charge is 0.229 e. The van der Waals surface area contributed by atoms with Gasteiger partial charge < -0.3 is 11.1 Å². The molecule has 0 saturated carbocycles. The molecule has 0 radical (unpaired) electrons. The summed E-state index contributed by atoms with van der Waals surface area (Å²) in [6, 6.07) is 3.43. The van der Waals surface area contributed by atoms with E-state index in [0.717, 1.165) is 0 Å². The maximum absolute atomic E-state index is 11.9. The quantitative estimate of drug-likeness (QED) is 0.792. The molecule has 16 heavy (non-hydrogen) atoms. The lowest BCUT2D eigenvalue weighted by atomic mass is 9.95. The van der Waals surface area contributed by atoms with Gasteiger partial charge in [0.25, 0.3) is 0 Å². The van der Waals surface area contributed by atoms with E-state index in [1.54, 1.807) is 18.3 Å². The number of anilines is 1. The van der Waals surface area contributed by atoms with E-state index in [1.165, 1.54) is 0 Å². The predicted molar refractivity (Wildman–Crippen MR) is 65.3 cm³/mol. The Morgan fingerprint density at radius 3 is 2.81 bits per heavy atom. The Morgan fingerprint density at radius 2 is 2.31 bits per heavy atom. The van der Waals surface area contributed by atoms with Crippen molar-refractivity contribution < 1.29 is 4.79 Å². The molecule has 4 nitrogen and oxygen atoms in total. The molecule has 5 heteroatoms. The Labute approximate surface area is 100 Å². The monoisotopic (exact) mass is 241 g/mol. The van der Waals surface area contributed by atoms with Crippen LogP contribution in [-0.2, 0) is 4.79 Å². The van der Waals surface area contributed by atoms with Crippen molar-refractivity contribution in [3.8, 4) is 0 Å². The molecule has 0 aliphatic heterocycles. The number of hydrogen-bond donors (Lipinski definition) is 2. The Hall–Kier alpha value is -1.13. The van der Waals surface area contributed by atoms with E-state index in [9.17, 15) is 4.79 Å². The number of carbonyl (C=O) groups is 1. The van der Waals surface area contributed by atoms with Crippen molar-refractivity contribution in [1.82, 2.24) is 4.98 Å². The molecule has 1 amide bonds. The molecule has 0 bridgehead atoms. The second-order valence-corrected chi connectivity index (χ2v) is 4.28. The highest BCUT2D eigenvalue weighted by molar-refractivity contribution is 6.32. The van der Waals surface area contributed by atoms with E-state index in [4.69, 9.17) is 17.3 Å². The van der Waals surface area contributed by atoms with Crippen LogP contribution in [0.3, 0.4) is 0 Å². The van der Waals surface area contributed by atoms with Crippen molar-refractivity contribution in [2.45, 2.75) is 13.8 Å². The first-order valence-electron chi connectivity index (χ1n) is 5.17. The Balaban J connectivity index is 2.74. The first kappa shape index (κ1) is 12.9. The van der Waals surface area contributed by atoms with Crippen LogP contribution < -0.4 is 11.1 Å². The van der Waals surface area contributed by atoms with Crippen LogP contribution in [0.25, 0.3) is 0 Å². The van der Waals surface area contributed by atoms with Gasteiger partial charge in [-0.15, -0.1) is 0 Å². The third-order valence-corrected chi connectivity index (χ3v) is 2.71. The van der Waals surface area contributed by atoms with E-state index in [0.29, 0.717) is 12.2 Å². The molecule has 88 valence electrons. The number of hydrogen-bond acceptors (Lipinski definition) is 3. The minimum absolute atomic E-state index is 0.118. The summed E-state index contributed by atoms with van der Waals surface area (Å²) in [7, 11) is 0. The highest BCUT2D eigenvalue weighted by Crippen LogP contribution is 2.19. The number of nitrogens with one attached hydrogen (secondary N) is 1. The third kappa shape index (κ3) is 3.18. The number of nitrogens with zero attached hydrogens (tertiary/aromatic N) is 1. The molecule has 0 fully saturated rings. The number of pyridine rings is 1. The summed E-state index contributed by atoms with van der Waals surface area (Å²) in [5.74, 6) is -0.135. The minimum Gasteiger partial charge on any atom is -0.330 e. The second-order valence-electron chi connectivity index (χ2n) is 3.92. The lowest BCUT2D eigenvalue weighted by Crippen LogP contribution is -2.33. The fraction of sp³-hybridized carbons (Fsp3) is 0.455. The SMILES string of the molecule is CC(C)C(CN)C(=O)Nc1cccnc1Cl. The molecule has 3 N–H and O–H groups in total. The van der Waals surface area contributed by atoms with Gasteiger partial charge >= 0.3 is 0 Å². The molecular formula is C11H16ClN3O. The molecule has 1 heterocycles. The van der Waals surface area contributed by atoms with Gasteiger partial charge in [-0.1, -0.05) is 25.4 Å². The van der Waals surface area contributed by atoms with Crippen molar-refractivity contribution in [2.24, 2.45) is 17.6 Å². The molecule has 1 aromatic heterocycles. The zero-order valence-electron chi connectivity index (χ0n) is 9.40. The molecule has 0 aliphatic carbocycles. The molecular weight excluding hydrogens is 226 g/mol. The Kier molecular flexibility index (Phi) is 4.71. The number of aromatic nitrogens is 1. The molecule has 0 saturated heterocycles. The zero-order chi connectivity index (χ0) is 12.1. The molecule has 1 unspecified atom stereocenters. The summed E-state index contributed by atoms with van der Waals surface area (Å²) in [4.78, 5) is 15.7. The molecule has 1 atom stereocenters. The summed E-state index contributed by atoms with van der Waals surface area (Å²) in [5.41, 5.74) is 6.08. The second kappa shape index (κ2) is 5.82. The van der Waals surface area contributed by atoms with Gasteiger partial charge in [-0.05, 0) is 18.1 Å².